The van der Waals surface area contributed by atoms with E-state index in [0.29, 0.717) is 28.8 Å². The van der Waals surface area contributed by atoms with E-state index in [-0.39, 0.29) is 0 Å². The quantitative estimate of drug-likeness (QED) is 0.587. The van der Waals surface area contributed by atoms with Gasteiger partial charge in [0.25, 0.3) is 5.76 Å². The maximum atomic E-state index is 12.0. The number of benzene rings is 1. The van der Waals surface area contributed by atoms with Crippen LogP contribution in [0.15, 0.2) is 29.2 Å². The molecule has 2 nitrogen and oxygen atoms in total. The number of thioether (sulfide) groups is 1. The smallest absolute Gasteiger partial charge is 0.338 e. The second-order valence-electron chi connectivity index (χ2n) is 3.04. The molecule has 1 aromatic carbocycles. The van der Waals surface area contributed by atoms with E-state index >= 15 is 0 Å². The molecule has 0 amide bonds. The summed E-state index contributed by atoms with van der Waals surface area (Å²) in [6.45, 7) is 2.27. The molecule has 0 bridgehead atoms. The van der Waals surface area contributed by atoms with Gasteiger partial charge in [-0.25, -0.2) is 4.79 Å². The van der Waals surface area contributed by atoms with Gasteiger partial charge < -0.3 is 4.74 Å². The number of hydrogen-bond donors (Lipinski definition) is 0. The zero-order valence-corrected chi connectivity index (χ0v) is 9.60. The van der Waals surface area contributed by atoms with Crippen molar-refractivity contribution < 1.29 is 18.3 Å². The molecule has 0 aliphatic carbocycles. The van der Waals surface area contributed by atoms with Crippen LogP contribution in [0.3, 0.4) is 0 Å². The van der Waals surface area contributed by atoms with Crippen LogP contribution in [0.2, 0.25) is 0 Å². The maximum absolute atomic E-state index is 12.0. The molecule has 16 heavy (non-hydrogen) atoms. The lowest BCUT2D eigenvalue weighted by molar-refractivity contribution is 0.0505. The zero-order valence-electron chi connectivity index (χ0n) is 8.78. The van der Waals surface area contributed by atoms with Gasteiger partial charge in [0, 0.05) is 4.90 Å². The highest BCUT2D eigenvalue weighted by atomic mass is 32.2. The van der Waals surface area contributed by atoms with Gasteiger partial charge in [-0.05, 0) is 30.7 Å². The molecule has 5 heteroatoms. The number of rotatable bonds is 5. The molecule has 1 aromatic rings. The molecule has 0 aromatic heterocycles. The van der Waals surface area contributed by atoms with Gasteiger partial charge in [0.2, 0.25) is 0 Å². The Hall–Kier alpha value is -1.10. The molecule has 0 saturated heterocycles. The molecule has 0 saturated carbocycles. The number of hydrogen-bond acceptors (Lipinski definition) is 3. The lowest BCUT2D eigenvalue weighted by Gasteiger charge is -2.04. The Kier molecular flexibility index (Phi) is 5.25. The summed E-state index contributed by atoms with van der Waals surface area (Å²) in [4.78, 5) is 11.8. The third kappa shape index (κ3) is 4.18. The van der Waals surface area contributed by atoms with Crippen LogP contribution in [-0.4, -0.2) is 18.3 Å². The van der Waals surface area contributed by atoms with Crippen molar-refractivity contribution in [2.45, 2.75) is 24.0 Å². The first-order valence-corrected chi connectivity index (χ1v) is 5.73. The number of carbonyl (C=O) groups excluding carboxylic acids is 1. The minimum Gasteiger partial charge on any atom is -0.462 e. The Morgan fingerprint density at radius 1 is 1.38 bits per heavy atom. The largest absolute Gasteiger partial charge is 0.462 e. The summed E-state index contributed by atoms with van der Waals surface area (Å²) >= 11 is 0.451. The normalized spacial score (nSPS) is 10.5. The monoisotopic (exact) mass is 246 g/mol. The summed E-state index contributed by atoms with van der Waals surface area (Å²) in [6, 6.07) is 5.95. The topological polar surface area (TPSA) is 26.3 Å². The van der Waals surface area contributed by atoms with E-state index < -0.39 is 11.7 Å². The van der Waals surface area contributed by atoms with Crippen LogP contribution in [0.1, 0.15) is 23.7 Å². The molecule has 0 aliphatic heterocycles. The van der Waals surface area contributed by atoms with Crippen molar-refractivity contribution in [2.24, 2.45) is 0 Å². The number of ether oxygens (including phenoxy) is 1. The lowest BCUT2D eigenvalue weighted by Crippen LogP contribution is -2.05. The average Bonchev–Trinajstić information content (AvgIpc) is 2.26. The Morgan fingerprint density at radius 2 is 2.00 bits per heavy atom. The molecular formula is C11H12F2O2S. The Morgan fingerprint density at radius 3 is 2.50 bits per heavy atom. The molecule has 0 aliphatic rings. The van der Waals surface area contributed by atoms with Crippen molar-refractivity contribution >= 4 is 17.7 Å². The third-order valence-electron chi connectivity index (χ3n) is 1.75. The highest BCUT2D eigenvalue weighted by molar-refractivity contribution is 7.99. The summed E-state index contributed by atoms with van der Waals surface area (Å²) < 4.78 is 28.9. The van der Waals surface area contributed by atoms with Crippen molar-refractivity contribution in [3.8, 4) is 0 Å². The van der Waals surface area contributed by atoms with E-state index in [4.69, 9.17) is 4.74 Å². The van der Waals surface area contributed by atoms with E-state index in [9.17, 15) is 13.6 Å². The highest BCUT2D eigenvalue weighted by Gasteiger charge is 2.08. The number of esters is 1. The van der Waals surface area contributed by atoms with Crippen LogP contribution in [0, 0.1) is 0 Å². The first-order chi connectivity index (χ1) is 7.63. The van der Waals surface area contributed by atoms with Crippen LogP contribution in [0.5, 0.6) is 0 Å². The van der Waals surface area contributed by atoms with Crippen LogP contribution in [0.4, 0.5) is 8.78 Å². The SMILES string of the molecule is CCCOC(=O)c1ccc(SC(F)F)cc1. The van der Waals surface area contributed by atoms with Gasteiger partial charge in [0.05, 0.1) is 12.2 Å². The molecule has 0 atom stereocenters. The van der Waals surface area contributed by atoms with Crippen LogP contribution in [-0.2, 0) is 4.74 Å². The summed E-state index contributed by atoms with van der Waals surface area (Å²) in [6.07, 6.45) is 0.755. The summed E-state index contributed by atoms with van der Waals surface area (Å²) in [7, 11) is 0. The first kappa shape index (κ1) is 13.0. The molecule has 88 valence electrons. The van der Waals surface area contributed by atoms with Crippen LogP contribution < -0.4 is 0 Å². The Labute approximate surface area is 97.0 Å². The molecular weight excluding hydrogens is 234 g/mol. The van der Waals surface area contributed by atoms with Crippen molar-refractivity contribution in [3.05, 3.63) is 29.8 Å². The van der Waals surface area contributed by atoms with Gasteiger partial charge in [-0.2, -0.15) is 8.78 Å². The van der Waals surface area contributed by atoms with E-state index in [2.05, 4.69) is 0 Å². The molecule has 0 radical (unpaired) electrons. The van der Waals surface area contributed by atoms with Gasteiger partial charge in [-0.3, -0.25) is 0 Å². The maximum Gasteiger partial charge on any atom is 0.338 e. The fraction of sp³-hybridized carbons (Fsp3) is 0.364. The summed E-state index contributed by atoms with van der Waals surface area (Å²) in [5.41, 5.74) is 0.382. The third-order valence-corrected chi connectivity index (χ3v) is 2.47. The summed E-state index contributed by atoms with van der Waals surface area (Å²) in [5.74, 6) is -2.87. The van der Waals surface area contributed by atoms with Gasteiger partial charge >= 0.3 is 5.97 Å². The minimum atomic E-state index is -2.45. The molecule has 1 rings (SSSR count). The van der Waals surface area contributed by atoms with Gasteiger partial charge in [-0.1, -0.05) is 18.7 Å². The van der Waals surface area contributed by atoms with Crippen molar-refractivity contribution in [3.63, 3.8) is 0 Å². The fourth-order valence-corrected chi connectivity index (χ4v) is 1.55. The van der Waals surface area contributed by atoms with E-state index in [1.165, 1.54) is 24.3 Å². The number of halogens is 2. The van der Waals surface area contributed by atoms with Crippen molar-refractivity contribution in [1.82, 2.24) is 0 Å². The van der Waals surface area contributed by atoms with Crippen molar-refractivity contribution in [1.29, 1.82) is 0 Å². The van der Waals surface area contributed by atoms with E-state index in [1.54, 1.807) is 0 Å². The number of carbonyl (C=O) groups is 1. The number of alkyl halides is 2. The Bertz CT molecular complexity index is 338. The van der Waals surface area contributed by atoms with E-state index in [0.717, 1.165) is 6.42 Å². The fourth-order valence-electron chi connectivity index (χ4n) is 1.05. The average molecular weight is 246 g/mol. The predicted molar refractivity (Wildman–Crippen MR) is 58.9 cm³/mol. The zero-order chi connectivity index (χ0) is 12.0. The molecule has 0 heterocycles. The molecule has 0 fully saturated rings. The van der Waals surface area contributed by atoms with Gasteiger partial charge in [-0.15, -0.1) is 0 Å². The first-order valence-electron chi connectivity index (χ1n) is 4.85. The Balaban J connectivity index is 2.60. The van der Waals surface area contributed by atoms with E-state index in [1.807, 2.05) is 6.92 Å². The second-order valence-corrected chi connectivity index (χ2v) is 4.10. The van der Waals surface area contributed by atoms with Gasteiger partial charge in [0.15, 0.2) is 0 Å². The minimum absolute atomic E-state index is 0.367. The lowest BCUT2D eigenvalue weighted by atomic mass is 10.2. The van der Waals surface area contributed by atoms with Crippen LogP contribution >= 0.6 is 11.8 Å². The van der Waals surface area contributed by atoms with Crippen LogP contribution in [0.25, 0.3) is 0 Å². The molecule has 0 N–H and O–H groups in total. The van der Waals surface area contributed by atoms with Gasteiger partial charge in [0.1, 0.15) is 0 Å². The summed E-state index contributed by atoms with van der Waals surface area (Å²) in [5, 5.41) is 0. The second kappa shape index (κ2) is 6.48. The molecule has 0 unspecified atom stereocenters. The predicted octanol–water partition coefficient (Wildman–Crippen LogP) is 3.57. The molecule has 0 spiro atoms. The standard InChI is InChI=1S/C11H12F2O2S/c1-2-7-15-10(14)8-3-5-9(6-4-8)16-11(12)13/h3-6,11H,2,7H2,1H3. The van der Waals surface area contributed by atoms with Crippen molar-refractivity contribution in [2.75, 3.05) is 6.61 Å². The highest BCUT2D eigenvalue weighted by Crippen LogP contribution is 2.25.